The van der Waals surface area contributed by atoms with Crippen molar-refractivity contribution in [3.63, 3.8) is 0 Å². The zero-order valence-electron chi connectivity index (χ0n) is 13.5. The summed E-state index contributed by atoms with van der Waals surface area (Å²) in [5, 5.41) is 0. The van der Waals surface area contributed by atoms with E-state index in [2.05, 4.69) is 35.8 Å². The molecule has 4 heteroatoms. The van der Waals surface area contributed by atoms with Crippen LogP contribution in [-0.2, 0) is 6.54 Å². The van der Waals surface area contributed by atoms with E-state index in [1.54, 1.807) is 7.11 Å². The van der Waals surface area contributed by atoms with Gasteiger partial charge in [-0.3, -0.25) is 4.79 Å². The predicted octanol–water partition coefficient (Wildman–Crippen LogP) is 4.81. The maximum Gasteiger partial charge on any atom is 0.255 e. The van der Waals surface area contributed by atoms with Gasteiger partial charge >= 0.3 is 0 Å². The van der Waals surface area contributed by atoms with Gasteiger partial charge in [-0.15, -0.1) is 0 Å². The number of benzene rings is 2. The number of methoxy groups -OCH3 is 1. The summed E-state index contributed by atoms with van der Waals surface area (Å²) in [6.45, 7) is 4.93. The minimum absolute atomic E-state index is 0.108. The Kier molecular flexibility index (Phi) is 4.44. The monoisotopic (exact) mass is 373 g/mol. The molecule has 1 aliphatic heterocycles. The van der Waals surface area contributed by atoms with Crippen molar-refractivity contribution in [3.05, 3.63) is 63.6 Å². The van der Waals surface area contributed by atoms with Crippen LogP contribution in [-0.4, -0.2) is 17.9 Å². The molecule has 2 aromatic rings. The lowest BCUT2D eigenvalue weighted by Gasteiger charge is -2.28. The number of ether oxygens (including phenoxy) is 1. The standard InChI is InChI=1S/C19H20BrNO2/c1-12(2)18-17-10-14(20)6-9-16(17)19(22)21(18)11-13-4-7-15(23-3)8-5-13/h4-10,12,18H,11H2,1-3H3. The van der Waals surface area contributed by atoms with E-state index in [1.807, 2.05) is 41.3 Å². The highest BCUT2D eigenvalue weighted by molar-refractivity contribution is 9.10. The lowest BCUT2D eigenvalue weighted by Crippen LogP contribution is -2.30. The summed E-state index contributed by atoms with van der Waals surface area (Å²) in [5.74, 6) is 1.30. The van der Waals surface area contributed by atoms with Crippen molar-refractivity contribution >= 4 is 21.8 Å². The first-order valence-corrected chi connectivity index (χ1v) is 8.54. The molecule has 1 aliphatic rings. The second kappa shape index (κ2) is 6.36. The molecule has 0 N–H and O–H groups in total. The van der Waals surface area contributed by atoms with Crippen LogP contribution >= 0.6 is 15.9 Å². The number of halogens is 1. The Morgan fingerprint density at radius 3 is 2.48 bits per heavy atom. The van der Waals surface area contributed by atoms with E-state index in [1.165, 1.54) is 0 Å². The van der Waals surface area contributed by atoms with Gasteiger partial charge in [-0.25, -0.2) is 0 Å². The van der Waals surface area contributed by atoms with E-state index >= 15 is 0 Å². The summed E-state index contributed by atoms with van der Waals surface area (Å²) in [5.41, 5.74) is 3.05. The molecule has 3 rings (SSSR count). The van der Waals surface area contributed by atoms with Gasteiger partial charge in [0.05, 0.1) is 13.2 Å². The molecule has 0 aromatic heterocycles. The molecule has 0 bridgehead atoms. The summed E-state index contributed by atoms with van der Waals surface area (Å²) < 4.78 is 6.21. The Hall–Kier alpha value is -1.81. The quantitative estimate of drug-likeness (QED) is 0.769. The van der Waals surface area contributed by atoms with Gasteiger partial charge in [-0.05, 0) is 47.4 Å². The average molecular weight is 374 g/mol. The predicted molar refractivity (Wildman–Crippen MR) is 94.6 cm³/mol. The van der Waals surface area contributed by atoms with Crippen LogP contribution in [0.3, 0.4) is 0 Å². The third-order valence-electron chi connectivity index (χ3n) is 4.30. The highest BCUT2D eigenvalue weighted by Gasteiger charge is 2.38. The molecule has 1 unspecified atom stereocenters. The molecule has 0 aliphatic carbocycles. The Morgan fingerprint density at radius 1 is 1.17 bits per heavy atom. The third-order valence-corrected chi connectivity index (χ3v) is 4.80. The van der Waals surface area contributed by atoms with Gasteiger partial charge in [0.2, 0.25) is 0 Å². The average Bonchev–Trinajstić information content (AvgIpc) is 2.80. The molecule has 23 heavy (non-hydrogen) atoms. The van der Waals surface area contributed by atoms with Crippen molar-refractivity contribution in [1.29, 1.82) is 0 Å². The van der Waals surface area contributed by atoms with E-state index < -0.39 is 0 Å². The lowest BCUT2D eigenvalue weighted by atomic mass is 9.95. The van der Waals surface area contributed by atoms with Crippen molar-refractivity contribution in [1.82, 2.24) is 4.90 Å². The summed E-state index contributed by atoms with van der Waals surface area (Å²) in [7, 11) is 1.66. The first kappa shape index (κ1) is 16.1. The van der Waals surface area contributed by atoms with Crippen LogP contribution in [0.25, 0.3) is 0 Å². The second-order valence-electron chi connectivity index (χ2n) is 6.20. The van der Waals surface area contributed by atoms with Gasteiger partial charge in [0.1, 0.15) is 5.75 Å². The summed E-state index contributed by atoms with van der Waals surface area (Å²) >= 11 is 3.52. The van der Waals surface area contributed by atoms with Crippen LogP contribution < -0.4 is 4.74 Å². The minimum atomic E-state index is 0.108. The molecule has 2 aromatic carbocycles. The Bertz CT molecular complexity index is 725. The maximum atomic E-state index is 12.8. The third kappa shape index (κ3) is 3.00. The van der Waals surface area contributed by atoms with E-state index in [4.69, 9.17) is 4.74 Å². The first-order valence-electron chi connectivity index (χ1n) is 7.74. The summed E-state index contributed by atoms with van der Waals surface area (Å²) in [4.78, 5) is 14.8. The van der Waals surface area contributed by atoms with Gasteiger partial charge < -0.3 is 9.64 Å². The first-order chi connectivity index (χ1) is 11.0. The molecular formula is C19H20BrNO2. The van der Waals surface area contributed by atoms with Gasteiger partial charge in [0.25, 0.3) is 5.91 Å². The molecule has 0 saturated carbocycles. The number of carbonyl (C=O) groups excluding carboxylic acids is 1. The maximum absolute atomic E-state index is 12.8. The number of fused-ring (bicyclic) bond motifs is 1. The highest BCUT2D eigenvalue weighted by atomic mass is 79.9. The molecule has 120 valence electrons. The number of hydrogen-bond acceptors (Lipinski definition) is 2. The smallest absolute Gasteiger partial charge is 0.255 e. The van der Waals surface area contributed by atoms with Crippen LogP contribution in [0.1, 0.15) is 41.4 Å². The van der Waals surface area contributed by atoms with Crippen LogP contribution in [0.15, 0.2) is 46.9 Å². The number of hydrogen-bond donors (Lipinski definition) is 0. The van der Waals surface area contributed by atoms with Crippen molar-refractivity contribution in [3.8, 4) is 5.75 Å². The van der Waals surface area contributed by atoms with Crippen molar-refractivity contribution in [2.24, 2.45) is 5.92 Å². The second-order valence-corrected chi connectivity index (χ2v) is 7.12. The van der Waals surface area contributed by atoms with Crippen LogP contribution in [0.2, 0.25) is 0 Å². The van der Waals surface area contributed by atoms with E-state index in [0.29, 0.717) is 12.5 Å². The minimum Gasteiger partial charge on any atom is -0.497 e. The highest BCUT2D eigenvalue weighted by Crippen LogP contribution is 2.40. The van der Waals surface area contributed by atoms with E-state index in [0.717, 1.165) is 26.9 Å². The summed E-state index contributed by atoms with van der Waals surface area (Å²) in [6.07, 6.45) is 0. The SMILES string of the molecule is COc1ccc(CN2C(=O)c3ccc(Br)cc3C2C(C)C)cc1. The zero-order valence-corrected chi connectivity index (χ0v) is 15.1. The number of rotatable bonds is 4. The van der Waals surface area contributed by atoms with Crippen LogP contribution in [0, 0.1) is 5.92 Å². The van der Waals surface area contributed by atoms with Gasteiger partial charge in [0, 0.05) is 16.6 Å². The fourth-order valence-electron chi connectivity index (χ4n) is 3.24. The fraction of sp³-hybridized carbons (Fsp3) is 0.316. The number of amides is 1. The Labute approximate surface area is 145 Å². The topological polar surface area (TPSA) is 29.5 Å². The van der Waals surface area contributed by atoms with Crippen molar-refractivity contribution in [2.45, 2.75) is 26.4 Å². The van der Waals surface area contributed by atoms with Gasteiger partial charge in [-0.1, -0.05) is 41.9 Å². The molecule has 3 nitrogen and oxygen atoms in total. The lowest BCUT2D eigenvalue weighted by molar-refractivity contribution is 0.0665. The normalized spacial score (nSPS) is 16.8. The molecule has 1 heterocycles. The zero-order chi connectivity index (χ0) is 16.6. The summed E-state index contributed by atoms with van der Waals surface area (Å²) in [6, 6.07) is 13.9. The van der Waals surface area contributed by atoms with Crippen LogP contribution in [0.5, 0.6) is 5.75 Å². The van der Waals surface area contributed by atoms with E-state index in [-0.39, 0.29) is 11.9 Å². The van der Waals surface area contributed by atoms with E-state index in [9.17, 15) is 4.79 Å². The van der Waals surface area contributed by atoms with Crippen molar-refractivity contribution < 1.29 is 9.53 Å². The number of carbonyl (C=O) groups is 1. The van der Waals surface area contributed by atoms with Crippen LogP contribution in [0.4, 0.5) is 0 Å². The molecule has 0 spiro atoms. The molecule has 1 amide bonds. The molecule has 1 atom stereocenters. The Balaban J connectivity index is 1.93. The van der Waals surface area contributed by atoms with Crippen molar-refractivity contribution in [2.75, 3.05) is 7.11 Å². The molecule has 0 saturated heterocycles. The molecular weight excluding hydrogens is 354 g/mol. The fourth-order valence-corrected chi connectivity index (χ4v) is 3.62. The largest absolute Gasteiger partial charge is 0.497 e. The van der Waals surface area contributed by atoms with Gasteiger partial charge in [0.15, 0.2) is 0 Å². The molecule has 0 radical (unpaired) electrons. The van der Waals surface area contributed by atoms with Gasteiger partial charge in [-0.2, -0.15) is 0 Å². The number of nitrogens with zero attached hydrogens (tertiary/aromatic N) is 1. The molecule has 0 fully saturated rings. The Morgan fingerprint density at radius 2 is 1.87 bits per heavy atom.